The van der Waals surface area contributed by atoms with Gasteiger partial charge in [0.25, 0.3) is 5.91 Å². The van der Waals surface area contributed by atoms with E-state index in [9.17, 15) is 10.0 Å². The van der Waals surface area contributed by atoms with Gasteiger partial charge in [-0.05, 0) is 45.0 Å². The van der Waals surface area contributed by atoms with E-state index in [2.05, 4.69) is 4.98 Å². The largest absolute Gasteiger partial charge is 0.294 e. The molecule has 5 heteroatoms. The van der Waals surface area contributed by atoms with Crippen LogP contribution >= 0.6 is 0 Å². The summed E-state index contributed by atoms with van der Waals surface area (Å²) in [5.41, 5.74) is -0.173. The molecule has 0 fully saturated rings. The first-order chi connectivity index (χ1) is 9.91. The smallest absolute Gasteiger partial charge is 0.276 e. The second-order valence-electron chi connectivity index (χ2n) is 5.63. The Morgan fingerprint density at radius 3 is 2.19 bits per heavy atom. The molecule has 1 aromatic carbocycles. The normalized spacial score (nSPS) is 11.5. The monoisotopic (exact) mass is 285 g/mol. The predicted molar refractivity (Wildman–Crippen MR) is 80.9 cm³/mol. The maximum absolute atomic E-state index is 12.7. The van der Waals surface area contributed by atoms with Gasteiger partial charge in [0.15, 0.2) is 5.82 Å². The van der Waals surface area contributed by atoms with E-state index in [1.54, 1.807) is 69.4 Å². The Bertz CT molecular complexity index is 594. The Labute approximate surface area is 124 Å². The highest BCUT2D eigenvalue weighted by molar-refractivity contribution is 6.04. The van der Waals surface area contributed by atoms with Gasteiger partial charge in [0.2, 0.25) is 0 Å². The Kier molecular flexibility index (Phi) is 4.35. The fourth-order valence-electron chi connectivity index (χ4n) is 1.77. The Morgan fingerprint density at radius 2 is 1.67 bits per heavy atom. The van der Waals surface area contributed by atoms with E-state index in [0.717, 1.165) is 5.17 Å². The number of pyridine rings is 1. The van der Waals surface area contributed by atoms with Crippen LogP contribution in [0.5, 0.6) is 0 Å². The first kappa shape index (κ1) is 15.2. The minimum absolute atomic E-state index is 0.341. The van der Waals surface area contributed by atoms with Crippen LogP contribution in [-0.4, -0.2) is 26.8 Å². The highest BCUT2D eigenvalue weighted by atomic mass is 16.6. The molecule has 0 aliphatic carbocycles. The van der Waals surface area contributed by atoms with Gasteiger partial charge in [-0.15, -0.1) is 0 Å². The molecule has 1 aromatic heterocycles. The number of anilines is 1. The van der Waals surface area contributed by atoms with E-state index < -0.39 is 5.54 Å². The molecule has 0 saturated heterocycles. The fraction of sp³-hybridized carbons (Fsp3) is 0.250. The Balaban J connectivity index is 2.44. The number of rotatable bonds is 3. The molecule has 1 N–H and O–H groups in total. The number of carbonyl (C=O) groups is 1. The molecule has 0 aliphatic rings. The maximum Gasteiger partial charge on any atom is 0.276 e. The lowest BCUT2D eigenvalue weighted by Gasteiger charge is -2.37. The summed E-state index contributed by atoms with van der Waals surface area (Å²) in [6.07, 6.45) is 1.58. The number of aromatic nitrogens is 1. The minimum atomic E-state index is -0.651. The van der Waals surface area contributed by atoms with Crippen LogP contribution in [0.15, 0.2) is 54.7 Å². The van der Waals surface area contributed by atoms with Crippen LogP contribution < -0.4 is 5.01 Å². The van der Waals surface area contributed by atoms with Crippen molar-refractivity contribution in [1.29, 1.82) is 0 Å². The Hall–Kier alpha value is -2.24. The van der Waals surface area contributed by atoms with Crippen molar-refractivity contribution in [3.63, 3.8) is 0 Å². The zero-order chi connectivity index (χ0) is 15.5. The predicted octanol–water partition coefficient (Wildman–Crippen LogP) is 3.13. The van der Waals surface area contributed by atoms with Crippen LogP contribution in [0.3, 0.4) is 0 Å². The third kappa shape index (κ3) is 3.45. The lowest BCUT2D eigenvalue weighted by Crippen LogP contribution is -2.54. The zero-order valence-corrected chi connectivity index (χ0v) is 12.4. The van der Waals surface area contributed by atoms with Gasteiger partial charge in [0.1, 0.15) is 0 Å². The summed E-state index contributed by atoms with van der Waals surface area (Å²) in [6.45, 7) is 5.42. The highest BCUT2D eigenvalue weighted by Gasteiger charge is 2.32. The van der Waals surface area contributed by atoms with Crippen molar-refractivity contribution >= 4 is 11.7 Å². The third-order valence-electron chi connectivity index (χ3n) is 2.87. The van der Waals surface area contributed by atoms with E-state index >= 15 is 0 Å². The average molecular weight is 285 g/mol. The van der Waals surface area contributed by atoms with Gasteiger partial charge in [-0.25, -0.2) is 4.98 Å². The zero-order valence-electron chi connectivity index (χ0n) is 12.4. The number of hydrazine groups is 1. The van der Waals surface area contributed by atoms with Crippen molar-refractivity contribution in [1.82, 2.24) is 10.2 Å². The molecular formula is C16H19N3O2. The number of hydroxylamine groups is 1. The summed E-state index contributed by atoms with van der Waals surface area (Å²) in [7, 11) is 0. The van der Waals surface area contributed by atoms with Crippen LogP contribution in [0, 0.1) is 0 Å². The van der Waals surface area contributed by atoms with Crippen LogP contribution in [0.1, 0.15) is 31.1 Å². The van der Waals surface area contributed by atoms with Crippen molar-refractivity contribution in [2.45, 2.75) is 26.3 Å². The van der Waals surface area contributed by atoms with Crippen molar-refractivity contribution in [2.75, 3.05) is 5.01 Å². The van der Waals surface area contributed by atoms with Gasteiger partial charge in [0, 0.05) is 11.8 Å². The molecule has 0 radical (unpaired) electrons. The molecular weight excluding hydrogens is 266 g/mol. The number of benzene rings is 1. The summed E-state index contributed by atoms with van der Waals surface area (Å²) < 4.78 is 0. The summed E-state index contributed by atoms with van der Waals surface area (Å²) in [5.74, 6) is 0.0236. The van der Waals surface area contributed by atoms with E-state index in [-0.39, 0.29) is 5.91 Å². The van der Waals surface area contributed by atoms with Crippen LogP contribution in [0.4, 0.5) is 5.82 Å². The maximum atomic E-state index is 12.7. The topological polar surface area (TPSA) is 56.7 Å². The average Bonchev–Trinajstić information content (AvgIpc) is 2.48. The summed E-state index contributed by atoms with van der Waals surface area (Å²) >= 11 is 0. The first-order valence-corrected chi connectivity index (χ1v) is 6.71. The molecule has 1 heterocycles. The second kappa shape index (κ2) is 6.03. The molecule has 0 bridgehead atoms. The molecule has 0 aliphatic heterocycles. The molecule has 2 rings (SSSR count). The number of hydrogen-bond donors (Lipinski definition) is 1. The van der Waals surface area contributed by atoms with Crippen molar-refractivity contribution in [2.24, 2.45) is 0 Å². The van der Waals surface area contributed by atoms with Crippen molar-refractivity contribution < 1.29 is 10.0 Å². The Morgan fingerprint density at radius 1 is 1.05 bits per heavy atom. The third-order valence-corrected chi connectivity index (χ3v) is 2.87. The van der Waals surface area contributed by atoms with E-state index in [0.29, 0.717) is 11.4 Å². The molecule has 5 nitrogen and oxygen atoms in total. The molecule has 0 atom stereocenters. The van der Waals surface area contributed by atoms with Crippen molar-refractivity contribution in [3.8, 4) is 0 Å². The van der Waals surface area contributed by atoms with Crippen LogP contribution in [0.25, 0.3) is 0 Å². The molecule has 0 unspecified atom stereocenters. The summed E-state index contributed by atoms with van der Waals surface area (Å²) in [4.78, 5) is 16.9. The van der Waals surface area contributed by atoms with Gasteiger partial charge in [-0.2, -0.15) is 5.01 Å². The van der Waals surface area contributed by atoms with E-state index in [4.69, 9.17) is 0 Å². The molecule has 0 spiro atoms. The SMILES string of the molecule is CC(C)(C)N(O)N(C(=O)c1ccccc1)c1ccccn1. The lowest BCUT2D eigenvalue weighted by molar-refractivity contribution is -0.158. The van der Waals surface area contributed by atoms with Gasteiger partial charge < -0.3 is 0 Å². The lowest BCUT2D eigenvalue weighted by atomic mass is 10.1. The molecule has 110 valence electrons. The van der Waals surface area contributed by atoms with Gasteiger partial charge in [0.05, 0.1) is 5.54 Å². The van der Waals surface area contributed by atoms with Crippen LogP contribution in [0.2, 0.25) is 0 Å². The van der Waals surface area contributed by atoms with E-state index in [1.165, 1.54) is 5.01 Å². The first-order valence-electron chi connectivity index (χ1n) is 6.71. The van der Waals surface area contributed by atoms with Gasteiger partial charge in [-0.1, -0.05) is 29.4 Å². The van der Waals surface area contributed by atoms with Gasteiger partial charge in [-0.3, -0.25) is 10.0 Å². The summed E-state index contributed by atoms with van der Waals surface area (Å²) in [6, 6.07) is 14.0. The number of hydrogen-bond acceptors (Lipinski definition) is 4. The molecule has 0 saturated carbocycles. The number of amides is 1. The van der Waals surface area contributed by atoms with Gasteiger partial charge >= 0.3 is 0 Å². The standard InChI is InChI=1S/C16H19N3O2/c1-16(2,3)19(21)18(14-11-7-8-12-17-14)15(20)13-9-5-4-6-10-13/h4-12,21H,1-3H3. The number of carbonyl (C=O) groups excluding carboxylic acids is 1. The number of nitrogens with zero attached hydrogens (tertiary/aromatic N) is 3. The molecule has 1 amide bonds. The quantitative estimate of drug-likeness (QED) is 0.880. The molecule has 2 aromatic rings. The fourth-order valence-corrected chi connectivity index (χ4v) is 1.77. The van der Waals surface area contributed by atoms with E-state index in [1.807, 2.05) is 6.07 Å². The molecule has 21 heavy (non-hydrogen) atoms. The van der Waals surface area contributed by atoms with Crippen LogP contribution in [-0.2, 0) is 0 Å². The summed E-state index contributed by atoms with van der Waals surface area (Å²) in [5, 5.41) is 12.5. The highest BCUT2D eigenvalue weighted by Crippen LogP contribution is 2.22. The minimum Gasteiger partial charge on any atom is -0.294 e. The second-order valence-corrected chi connectivity index (χ2v) is 5.63. The van der Waals surface area contributed by atoms with Crippen molar-refractivity contribution in [3.05, 3.63) is 60.3 Å².